The number of hydrogen-bond donors (Lipinski definition) is 3. The monoisotopic (exact) mass is 278 g/mol. The lowest BCUT2D eigenvalue weighted by atomic mass is 10.3. The third kappa shape index (κ3) is 2.22. The van der Waals surface area contributed by atoms with Gasteiger partial charge in [-0.05, 0) is 18.2 Å². The molecule has 0 bridgehead atoms. The van der Waals surface area contributed by atoms with E-state index in [9.17, 15) is 4.79 Å². The number of aromatic amines is 1. The average molecular weight is 278 g/mol. The molecule has 0 atom stereocenters. The van der Waals surface area contributed by atoms with Crippen molar-refractivity contribution in [3.8, 4) is 0 Å². The molecule has 4 N–H and O–H groups in total. The van der Waals surface area contributed by atoms with Gasteiger partial charge in [0.1, 0.15) is 0 Å². The fourth-order valence-electron chi connectivity index (χ4n) is 1.59. The topological polar surface area (TPSA) is 83.8 Å². The van der Waals surface area contributed by atoms with Crippen LogP contribution in [0.25, 0.3) is 10.2 Å². The summed E-state index contributed by atoms with van der Waals surface area (Å²) in [5, 5.41) is 5.81. The second-order valence-corrected chi connectivity index (χ2v) is 5.65. The molecule has 0 aliphatic carbocycles. The van der Waals surface area contributed by atoms with Gasteiger partial charge < -0.3 is 16.0 Å². The Morgan fingerprint density at radius 3 is 3.11 bits per heavy atom. The van der Waals surface area contributed by atoms with E-state index in [1.165, 1.54) is 0 Å². The molecule has 18 heavy (non-hydrogen) atoms. The predicted molar refractivity (Wildman–Crippen MR) is 76.3 cm³/mol. The number of nitrogens with zero attached hydrogens (tertiary/aromatic N) is 1. The van der Waals surface area contributed by atoms with Gasteiger partial charge in [0.15, 0.2) is 5.13 Å². The van der Waals surface area contributed by atoms with Crippen LogP contribution in [0.1, 0.15) is 5.69 Å². The van der Waals surface area contributed by atoms with Gasteiger partial charge in [-0.15, -0.1) is 0 Å². The third-order valence-electron chi connectivity index (χ3n) is 2.41. The van der Waals surface area contributed by atoms with Crippen LogP contribution in [0, 0.1) is 0 Å². The second kappa shape index (κ2) is 4.43. The number of rotatable bonds is 3. The molecule has 0 saturated heterocycles. The van der Waals surface area contributed by atoms with Crippen molar-refractivity contribution in [1.29, 1.82) is 0 Å². The Labute approximate surface area is 110 Å². The van der Waals surface area contributed by atoms with Gasteiger partial charge in [-0.1, -0.05) is 22.7 Å². The van der Waals surface area contributed by atoms with Crippen LogP contribution in [-0.4, -0.2) is 9.97 Å². The molecule has 0 radical (unpaired) electrons. The molecule has 92 valence electrons. The minimum Gasteiger partial charge on any atom is -0.399 e. The standard InChI is InChI=1S/C11H10N4OS2/c12-6-1-2-8-9(3-6)18-10(15-8)13-4-7-5-17-11(16)14-7/h1-3,5H,4,12H2,(H,13,15)(H,14,16). The number of benzene rings is 1. The quantitative estimate of drug-likeness (QED) is 0.642. The Morgan fingerprint density at radius 2 is 2.33 bits per heavy atom. The Hall–Kier alpha value is -1.86. The number of nitrogens with two attached hydrogens (primary N) is 1. The zero-order valence-corrected chi connectivity index (χ0v) is 10.9. The fraction of sp³-hybridized carbons (Fsp3) is 0.0909. The lowest BCUT2D eigenvalue weighted by molar-refractivity contribution is 1.05. The second-order valence-electron chi connectivity index (χ2n) is 3.77. The Morgan fingerprint density at radius 1 is 1.44 bits per heavy atom. The number of hydrogen-bond acceptors (Lipinski definition) is 6. The summed E-state index contributed by atoms with van der Waals surface area (Å²) in [6.07, 6.45) is 0. The third-order valence-corrected chi connectivity index (χ3v) is 4.11. The van der Waals surface area contributed by atoms with Crippen LogP contribution < -0.4 is 15.9 Å². The van der Waals surface area contributed by atoms with E-state index in [1.807, 2.05) is 18.2 Å². The summed E-state index contributed by atoms with van der Waals surface area (Å²) in [6.45, 7) is 0.564. The van der Waals surface area contributed by atoms with Crippen molar-refractivity contribution in [1.82, 2.24) is 9.97 Å². The number of nitrogens with one attached hydrogen (secondary N) is 2. The van der Waals surface area contributed by atoms with Crippen LogP contribution in [0.5, 0.6) is 0 Å². The maximum absolute atomic E-state index is 11.0. The molecule has 0 saturated carbocycles. The zero-order chi connectivity index (χ0) is 12.5. The van der Waals surface area contributed by atoms with Gasteiger partial charge in [-0.2, -0.15) is 0 Å². The number of aromatic nitrogens is 2. The first kappa shape index (κ1) is 11.2. The van der Waals surface area contributed by atoms with Crippen molar-refractivity contribution in [2.75, 3.05) is 11.1 Å². The molecule has 0 unspecified atom stereocenters. The number of anilines is 2. The Bertz CT molecular complexity index is 743. The zero-order valence-electron chi connectivity index (χ0n) is 9.27. The van der Waals surface area contributed by atoms with Crippen LogP contribution in [-0.2, 0) is 6.54 Å². The largest absolute Gasteiger partial charge is 0.399 e. The average Bonchev–Trinajstić information content (AvgIpc) is 2.92. The van der Waals surface area contributed by atoms with E-state index in [-0.39, 0.29) is 4.87 Å². The molecule has 2 aromatic heterocycles. The number of thiazole rings is 2. The molecule has 3 aromatic rings. The van der Waals surface area contributed by atoms with Crippen molar-refractivity contribution in [3.63, 3.8) is 0 Å². The van der Waals surface area contributed by atoms with Crippen LogP contribution in [0.3, 0.4) is 0 Å². The van der Waals surface area contributed by atoms with Crippen LogP contribution in [0.4, 0.5) is 10.8 Å². The van der Waals surface area contributed by atoms with E-state index >= 15 is 0 Å². The summed E-state index contributed by atoms with van der Waals surface area (Å²) in [5.74, 6) is 0. The molecule has 0 amide bonds. The Balaban J connectivity index is 1.80. The van der Waals surface area contributed by atoms with Gasteiger partial charge in [0.2, 0.25) is 0 Å². The van der Waals surface area contributed by atoms with E-state index in [0.717, 1.165) is 38.1 Å². The number of fused-ring (bicyclic) bond motifs is 1. The minimum atomic E-state index is -0.0381. The number of nitrogen functional groups attached to an aromatic ring is 1. The molecule has 2 heterocycles. The molecule has 0 spiro atoms. The van der Waals surface area contributed by atoms with E-state index in [0.29, 0.717) is 6.54 Å². The predicted octanol–water partition coefficient (Wildman–Crippen LogP) is 2.24. The normalized spacial score (nSPS) is 10.9. The lowest BCUT2D eigenvalue weighted by Gasteiger charge is -1.97. The van der Waals surface area contributed by atoms with Gasteiger partial charge >= 0.3 is 4.87 Å². The first-order valence-corrected chi connectivity index (χ1v) is 6.97. The van der Waals surface area contributed by atoms with E-state index in [2.05, 4.69) is 15.3 Å². The number of H-pyrrole nitrogens is 1. The van der Waals surface area contributed by atoms with Crippen molar-refractivity contribution >= 4 is 43.7 Å². The summed E-state index contributed by atoms with van der Waals surface area (Å²) >= 11 is 2.71. The minimum absolute atomic E-state index is 0.0381. The molecular formula is C11H10N4OS2. The highest BCUT2D eigenvalue weighted by Gasteiger charge is 2.04. The van der Waals surface area contributed by atoms with Crippen LogP contribution in [0.2, 0.25) is 0 Å². The van der Waals surface area contributed by atoms with Gasteiger partial charge in [-0.3, -0.25) is 4.79 Å². The highest BCUT2D eigenvalue weighted by molar-refractivity contribution is 7.22. The van der Waals surface area contributed by atoms with Crippen LogP contribution >= 0.6 is 22.7 Å². The summed E-state index contributed by atoms with van der Waals surface area (Å²) in [6, 6.07) is 5.64. The van der Waals surface area contributed by atoms with E-state index in [4.69, 9.17) is 5.73 Å². The van der Waals surface area contributed by atoms with Crippen molar-refractivity contribution in [2.24, 2.45) is 0 Å². The van der Waals surface area contributed by atoms with Gasteiger partial charge in [0.05, 0.1) is 16.8 Å². The van der Waals surface area contributed by atoms with Gasteiger partial charge in [0, 0.05) is 16.8 Å². The Kier molecular flexibility index (Phi) is 2.77. The van der Waals surface area contributed by atoms with Gasteiger partial charge in [-0.25, -0.2) is 4.98 Å². The van der Waals surface area contributed by atoms with Crippen molar-refractivity contribution in [2.45, 2.75) is 6.54 Å². The van der Waals surface area contributed by atoms with Gasteiger partial charge in [0.25, 0.3) is 0 Å². The molecule has 0 fully saturated rings. The molecule has 1 aromatic carbocycles. The molecule has 0 aliphatic rings. The summed E-state index contributed by atoms with van der Waals surface area (Å²) in [7, 11) is 0. The summed E-state index contributed by atoms with van der Waals surface area (Å²) < 4.78 is 1.05. The first-order chi connectivity index (χ1) is 8.70. The van der Waals surface area contributed by atoms with E-state index < -0.39 is 0 Å². The van der Waals surface area contributed by atoms with Crippen molar-refractivity contribution in [3.05, 3.63) is 38.9 Å². The molecule has 3 rings (SSSR count). The van der Waals surface area contributed by atoms with Crippen LogP contribution in [0.15, 0.2) is 28.4 Å². The lowest BCUT2D eigenvalue weighted by Crippen LogP contribution is -2.02. The van der Waals surface area contributed by atoms with Crippen molar-refractivity contribution < 1.29 is 0 Å². The smallest absolute Gasteiger partial charge is 0.304 e. The first-order valence-electron chi connectivity index (χ1n) is 5.27. The van der Waals surface area contributed by atoms with E-state index in [1.54, 1.807) is 16.7 Å². The molecule has 0 aliphatic heterocycles. The maximum atomic E-state index is 11.0. The highest BCUT2D eigenvalue weighted by atomic mass is 32.1. The highest BCUT2D eigenvalue weighted by Crippen LogP contribution is 2.27. The maximum Gasteiger partial charge on any atom is 0.304 e. The molecule has 5 nitrogen and oxygen atoms in total. The molecular weight excluding hydrogens is 268 g/mol. The SMILES string of the molecule is Nc1ccc2nc(NCc3csc(=O)[nH]3)sc2c1. The fourth-order valence-corrected chi connectivity index (χ4v) is 3.08. The molecule has 7 heteroatoms. The summed E-state index contributed by atoms with van der Waals surface area (Å²) in [4.78, 5) is 18.1. The summed E-state index contributed by atoms with van der Waals surface area (Å²) in [5.41, 5.74) is 8.25.